The van der Waals surface area contributed by atoms with Crippen LogP contribution in [0.25, 0.3) is 0 Å². The Labute approximate surface area is 119 Å². The first-order valence-electron chi connectivity index (χ1n) is 7.07. The van der Waals surface area contributed by atoms with Crippen LogP contribution in [0, 0.1) is 11.3 Å². The first-order chi connectivity index (χ1) is 9.52. The Morgan fingerprint density at radius 1 is 1.20 bits per heavy atom. The number of ether oxygens (including phenoxy) is 2. The SMILES string of the molecule is C[C@H]1[C@H]2OC(C)(C)O[C@H]2[C@@H](C#N)N1Cc1ccccc1. The monoisotopic (exact) mass is 272 g/mol. The molecule has 1 aromatic carbocycles. The molecule has 0 aliphatic carbocycles. The number of hydrogen-bond donors (Lipinski definition) is 0. The van der Waals surface area contributed by atoms with Gasteiger partial charge < -0.3 is 9.47 Å². The number of hydrogen-bond acceptors (Lipinski definition) is 4. The van der Waals surface area contributed by atoms with Crippen molar-refractivity contribution in [2.24, 2.45) is 0 Å². The molecule has 20 heavy (non-hydrogen) atoms. The first-order valence-corrected chi connectivity index (χ1v) is 7.07. The lowest BCUT2D eigenvalue weighted by molar-refractivity contribution is -0.164. The summed E-state index contributed by atoms with van der Waals surface area (Å²) >= 11 is 0. The van der Waals surface area contributed by atoms with Gasteiger partial charge in [-0.2, -0.15) is 5.26 Å². The lowest BCUT2D eigenvalue weighted by Crippen LogP contribution is -2.40. The van der Waals surface area contributed by atoms with Gasteiger partial charge in [-0.25, -0.2) is 0 Å². The topological polar surface area (TPSA) is 45.5 Å². The van der Waals surface area contributed by atoms with E-state index in [4.69, 9.17) is 9.47 Å². The van der Waals surface area contributed by atoms with Gasteiger partial charge in [-0.3, -0.25) is 4.90 Å². The molecule has 3 rings (SSSR count). The van der Waals surface area contributed by atoms with E-state index in [1.807, 2.05) is 32.0 Å². The molecule has 4 heteroatoms. The van der Waals surface area contributed by atoms with Crippen molar-refractivity contribution in [3.05, 3.63) is 35.9 Å². The molecule has 2 aliphatic rings. The predicted octanol–water partition coefficient (Wildman–Crippen LogP) is 2.30. The second-order valence-electron chi connectivity index (χ2n) is 6.04. The molecule has 1 aromatic rings. The van der Waals surface area contributed by atoms with Crippen molar-refractivity contribution < 1.29 is 9.47 Å². The van der Waals surface area contributed by atoms with Crippen LogP contribution in [0.15, 0.2) is 30.3 Å². The average molecular weight is 272 g/mol. The standard InChI is InChI=1S/C16H20N2O2/c1-11-14-15(20-16(2,3)19-14)13(9-17)18(11)10-12-7-5-4-6-8-12/h4-8,11,13-15H,10H2,1-3H3/t11-,13+,14+,15-/m0/s1. The first kappa shape index (κ1) is 13.6. The maximum Gasteiger partial charge on any atom is 0.163 e. The number of nitriles is 1. The van der Waals surface area contributed by atoms with Gasteiger partial charge in [-0.15, -0.1) is 0 Å². The van der Waals surface area contributed by atoms with E-state index in [1.165, 1.54) is 5.56 Å². The van der Waals surface area contributed by atoms with Crippen LogP contribution >= 0.6 is 0 Å². The van der Waals surface area contributed by atoms with E-state index >= 15 is 0 Å². The lowest BCUT2D eigenvalue weighted by Gasteiger charge is -2.29. The zero-order valence-corrected chi connectivity index (χ0v) is 12.1. The van der Waals surface area contributed by atoms with Crippen molar-refractivity contribution >= 4 is 0 Å². The lowest BCUT2D eigenvalue weighted by atomic mass is 10.1. The number of rotatable bonds is 2. The summed E-state index contributed by atoms with van der Waals surface area (Å²) in [6, 6.07) is 12.5. The van der Waals surface area contributed by atoms with Gasteiger partial charge in [-0.05, 0) is 26.3 Å². The molecule has 2 fully saturated rings. The number of likely N-dealkylation sites (tertiary alicyclic amines) is 1. The van der Waals surface area contributed by atoms with Gasteiger partial charge in [0.2, 0.25) is 0 Å². The number of benzene rings is 1. The Bertz CT molecular complexity index is 523. The van der Waals surface area contributed by atoms with Crippen LogP contribution in [0.5, 0.6) is 0 Å². The minimum absolute atomic E-state index is 0.0293. The zero-order chi connectivity index (χ0) is 14.3. The Morgan fingerprint density at radius 2 is 1.85 bits per heavy atom. The van der Waals surface area contributed by atoms with Crippen molar-refractivity contribution in [1.29, 1.82) is 5.26 Å². The summed E-state index contributed by atoms with van der Waals surface area (Å²) in [4.78, 5) is 2.18. The highest BCUT2D eigenvalue weighted by atomic mass is 16.8. The minimum atomic E-state index is -0.586. The van der Waals surface area contributed by atoms with Crippen molar-refractivity contribution in [1.82, 2.24) is 4.90 Å². The van der Waals surface area contributed by atoms with Gasteiger partial charge in [0.05, 0.1) is 6.07 Å². The molecular formula is C16H20N2O2. The van der Waals surface area contributed by atoms with Crippen LogP contribution in [0.4, 0.5) is 0 Å². The smallest absolute Gasteiger partial charge is 0.163 e. The fourth-order valence-corrected chi connectivity index (χ4v) is 3.25. The normalized spacial score (nSPS) is 35.7. The van der Waals surface area contributed by atoms with E-state index in [0.29, 0.717) is 0 Å². The van der Waals surface area contributed by atoms with Gasteiger partial charge in [0, 0.05) is 12.6 Å². The van der Waals surface area contributed by atoms with E-state index in [-0.39, 0.29) is 24.3 Å². The van der Waals surface area contributed by atoms with Crippen LogP contribution in [0.2, 0.25) is 0 Å². The molecular weight excluding hydrogens is 252 g/mol. The van der Waals surface area contributed by atoms with Crippen LogP contribution in [0.1, 0.15) is 26.3 Å². The largest absolute Gasteiger partial charge is 0.343 e. The highest BCUT2D eigenvalue weighted by Crippen LogP contribution is 2.40. The maximum absolute atomic E-state index is 9.52. The molecule has 0 spiro atoms. The minimum Gasteiger partial charge on any atom is -0.343 e. The molecule has 0 bridgehead atoms. The molecule has 0 amide bonds. The summed E-state index contributed by atoms with van der Waals surface area (Å²) in [6.45, 7) is 6.69. The summed E-state index contributed by atoms with van der Waals surface area (Å²) in [5, 5.41) is 9.52. The Balaban J connectivity index is 1.82. The highest BCUT2D eigenvalue weighted by molar-refractivity contribution is 5.19. The summed E-state index contributed by atoms with van der Waals surface area (Å²) in [7, 11) is 0. The number of fused-ring (bicyclic) bond motifs is 1. The van der Waals surface area contributed by atoms with Gasteiger partial charge in [-0.1, -0.05) is 30.3 Å². The molecule has 0 saturated carbocycles. The van der Waals surface area contributed by atoms with E-state index < -0.39 is 5.79 Å². The molecule has 2 aliphatic heterocycles. The second kappa shape index (κ2) is 4.85. The van der Waals surface area contributed by atoms with Crippen LogP contribution in [0.3, 0.4) is 0 Å². The van der Waals surface area contributed by atoms with E-state index in [1.54, 1.807) is 0 Å². The van der Waals surface area contributed by atoms with Crippen LogP contribution < -0.4 is 0 Å². The molecule has 0 unspecified atom stereocenters. The summed E-state index contributed by atoms with van der Waals surface area (Å²) in [5.41, 5.74) is 1.21. The van der Waals surface area contributed by atoms with Crippen molar-refractivity contribution in [2.45, 2.75) is 57.4 Å². The van der Waals surface area contributed by atoms with Gasteiger partial charge in [0.25, 0.3) is 0 Å². The fourth-order valence-electron chi connectivity index (χ4n) is 3.25. The average Bonchev–Trinajstić information content (AvgIpc) is 2.85. The summed E-state index contributed by atoms with van der Waals surface area (Å²) in [5.74, 6) is -0.586. The number of nitrogens with zero attached hydrogens (tertiary/aromatic N) is 2. The molecule has 106 valence electrons. The van der Waals surface area contributed by atoms with E-state index in [0.717, 1.165) is 6.54 Å². The highest BCUT2D eigenvalue weighted by Gasteiger charge is 2.56. The molecule has 4 nitrogen and oxygen atoms in total. The molecule has 2 saturated heterocycles. The third-order valence-electron chi connectivity index (χ3n) is 4.17. The van der Waals surface area contributed by atoms with Crippen molar-refractivity contribution in [2.75, 3.05) is 0 Å². The van der Waals surface area contributed by atoms with Crippen LogP contribution in [-0.2, 0) is 16.0 Å². The zero-order valence-electron chi connectivity index (χ0n) is 12.1. The van der Waals surface area contributed by atoms with Crippen molar-refractivity contribution in [3.63, 3.8) is 0 Å². The molecule has 2 heterocycles. The second-order valence-corrected chi connectivity index (χ2v) is 6.04. The van der Waals surface area contributed by atoms with Gasteiger partial charge >= 0.3 is 0 Å². The summed E-state index contributed by atoms with van der Waals surface area (Å²) in [6.07, 6.45) is -0.188. The fraction of sp³-hybridized carbons (Fsp3) is 0.562. The van der Waals surface area contributed by atoms with Gasteiger partial charge in [0.15, 0.2) is 5.79 Å². The molecule has 0 N–H and O–H groups in total. The Morgan fingerprint density at radius 3 is 2.50 bits per heavy atom. The van der Waals surface area contributed by atoms with E-state index in [2.05, 4.69) is 30.0 Å². The molecule has 4 atom stereocenters. The predicted molar refractivity (Wildman–Crippen MR) is 74.7 cm³/mol. The molecule has 0 aromatic heterocycles. The quantitative estimate of drug-likeness (QED) is 0.828. The molecule has 0 radical (unpaired) electrons. The van der Waals surface area contributed by atoms with Crippen molar-refractivity contribution in [3.8, 4) is 6.07 Å². The third-order valence-corrected chi connectivity index (χ3v) is 4.17. The third kappa shape index (κ3) is 2.22. The van der Waals surface area contributed by atoms with E-state index in [9.17, 15) is 5.26 Å². The van der Waals surface area contributed by atoms with Crippen LogP contribution in [-0.4, -0.2) is 35.0 Å². The summed E-state index contributed by atoms with van der Waals surface area (Å²) < 4.78 is 11.9. The van der Waals surface area contributed by atoms with Gasteiger partial charge in [0.1, 0.15) is 18.2 Å². The maximum atomic E-state index is 9.52. The Kier molecular flexibility index (Phi) is 3.29. The Hall–Kier alpha value is -1.41.